The smallest absolute Gasteiger partial charge is 0.161 e. The Morgan fingerprint density at radius 3 is 2.73 bits per heavy atom. The molecule has 3 aromatic rings. The molecule has 1 aliphatic rings. The summed E-state index contributed by atoms with van der Waals surface area (Å²) >= 11 is 0. The zero-order valence-electron chi connectivity index (χ0n) is 12.0. The molecule has 2 heterocycles. The summed E-state index contributed by atoms with van der Waals surface area (Å²) in [4.78, 5) is 4.47. The van der Waals surface area contributed by atoms with E-state index in [0.29, 0.717) is 25.6 Å². The van der Waals surface area contributed by atoms with Crippen molar-refractivity contribution in [2.75, 3.05) is 13.2 Å². The van der Waals surface area contributed by atoms with Crippen LogP contribution in [0.3, 0.4) is 0 Å². The Morgan fingerprint density at radius 2 is 1.86 bits per heavy atom. The normalized spacial score (nSPS) is 13.5. The summed E-state index contributed by atoms with van der Waals surface area (Å²) in [5.41, 5.74) is 2.99. The predicted molar refractivity (Wildman–Crippen MR) is 82.2 cm³/mol. The van der Waals surface area contributed by atoms with Crippen molar-refractivity contribution >= 4 is 11.0 Å². The number of para-hydroxylation sites is 2. The van der Waals surface area contributed by atoms with Crippen molar-refractivity contribution in [1.29, 1.82) is 0 Å². The van der Waals surface area contributed by atoms with Crippen molar-refractivity contribution in [1.82, 2.24) is 9.55 Å². The van der Waals surface area contributed by atoms with E-state index < -0.39 is 0 Å². The van der Waals surface area contributed by atoms with E-state index in [4.69, 9.17) is 9.47 Å². The molecule has 0 saturated heterocycles. The predicted octanol–water partition coefficient (Wildman–Crippen LogP) is 2.35. The third-order valence-corrected chi connectivity index (χ3v) is 3.82. The third-order valence-electron chi connectivity index (χ3n) is 3.82. The summed E-state index contributed by atoms with van der Waals surface area (Å²) in [5.74, 6) is 2.22. The number of aromatic nitrogens is 2. The zero-order valence-corrected chi connectivity index (χ0v) is 12.0. The lowest BCUT2D eigenvalue weighted by Gasteiger charge is -2.19. The monoisotopic (exact) mass is 296 g/mol. The molecular weight excluding hydrogens is 280 g/mol. The molecule has 1 N–H and O–H groups in total. The van der Waals surface area contributed by atoms with Crippen LogP contribution < -0.4 is 9.47 Å². The second kappa shape index (κ2) is 5.35. The zero-order chi connectivity index (χ0) is 14.9. The molecular formula is C17H16N2O3. The Morgan fingerprint density at radius 1 is 1.05 bits per heavy atom. The minimum atomic E-state index is -0.0841. The maximum absolute atomic E-state index is 9.56. The minimum absolute atomic E-state index is 0.0841. The Labute approximate surface area is 127 Å². The lowest BCUT2D eigenvalue weighted by molar-refractivity contribution is 0.171. The number of rotatable bonds is 3. The van der Waals surface area contributed by atoms with Gasteiger partial charge in [0.2, 0.25) is 0 Å². The van der Waals surface area contributed by atoms with Crippen LogP contribution >= 0.6 is 0 Å². The number of ether oxygens (including phenoxy) is 2. The van der Waals surface area contributed by atoms with E-state index in [1.807, 2.05) is 47.0 Å². The van der Waals surface area contributed by atoms with Crippen LogP contribution in [0.5, 0.6) is 11.5 Å². The largest absolute Gasteiger partial charge is 0.486 e. The van der Waals surface area contributed by atoms with E-state index >= 15 is 0 Å². The van der Waals surface area contributed by atoms with Gasteiger partial charge in [0.15, 0.2) is 11.5 Å². The lowest BCUT2D eigenvalue weighted by Crippen LogP contribution is -2.15. The summed E-state index contributed by atoms with van der Waals surface area (Å²) in [6.45, 7) is 1.71. The van der Waals surface area contributed by atoms with Gasteiger partial charge < -0.3 is 19.1 Å². The highest BCUT2D eigenvalue weighted by atomic mass is 16.6. The molecule has 1 aromatic heterocycles. The van der Waals surface area contributed by atoms with Gasteiger partial charge in [-0.15, -0.1) is 0 Å². The van der Waals surface area contributed by atoms with Gasteiger partial charge in [-0.1, -0.05) is 18.2 Å². The Bertz CT molecular complexity index is 826. The van der Waals surface area contributed by atoms with Crippen LogP contribution in [0, 0.1) is 0 Å². The van der Waals surface area contributed by atoms with Crippen LogP contribution in [0.2, 0.25) is 0 Å². The van der Waals surface area contributed by atoms with Crippen LogP contribution in [0.15, 0.2) is 42.5 Å². The van der Waals surface area contributed by atoms with E-state index in [1.54, 1.807) is 0 Å². The van der Waals surface area contributed by atoms with Gasteiger partial charge in [0.25, 0.3) is 0 Å². The number of nitrogens with zero attached hydrogens (tertiary/aromatic N) is 2. The average Bonchev–Trinajstić information content (AvgIpc) is 2.93. The second-order valence-corrected chi connectivity index (χ2v) is 5.24. The summed E-state index contributed by atoms with van der Waals surface area (Å²) < 4.78 is 13.2. The fraction of sp³-hybridized carbons (Fsp3) is 0.235. The van der Waals surface area contributed by atoms with E-state index in [0.717, 1.165) is 28.1 Å². The van der Waals surface area contributed by atoms with Crippen molar-refractivity contribution in [3.8, 4) is 11.5 Å². The molecule has 0 aliphatic carbocycles. The van der Waals surface area contributed by atoms with Crippen molar-refractivity contribution in [2.24, 2.45) is 0 Å². The van der Waals surface area contributed by atoms with E-state index in [9.17, 15) is 5.11 Å². The number of fused-ring (bicyclic) bond motifs is 2. The average molecular weight is 296 g/mol. The molecule has 4 rings (SSSR count). The summed E-state index contributed by atoms with van der Waals surface area (Å²) in [6, 6.07) is 13.8. The number of imidazole rings is 1. The van der Waals surface area contributed by atoms with E-state index in [1.165, 1.54) is 0 Å². The number of hydrogen-bond donors (Lipinski definition) is 1. The summed E-state index contributed by atoms with van der Waals surface area (Å²) in [6.07, 6.45) is 0. The first-order valence-electron chi connectivity index (χ1n) is 7.28. The molecule has 5 heteroatoms. The van der Waals surface area contributed by atoms with Crippen molar-refractivity contribution in [3.05, 3.63) is 53.9 Å². The molecule has 112 valence electrons. The molecule has 0 unspecified atom stereocenters. The van der Waals surface area contributed by atoms with Crippen LogP contribution in [0.4, 0.5) is 0 Å². The van der Waals surface area contributed by atoms with Crippen LogP contribution in [0.1, 0.15) is 11.4 Å². The quantitative estimate of drug-likeness (QED) is 0.806. The van der Waals surface area contributed by atoms with Gasteiger partial charge >= 0.3 is 0 Å². The number of benzene rings is 2. The maximum atomic E-state index is 9.56. The van der Waals surface area contributed by atoms with Gasteiger partial charge in [0.05, 0.1) is 11.0 Å². The minimum Gasteiger partial charge on any atom is -0.486 e. The Kier molecular flexibility index (Phi) is 3.20. The van der Waals surface area contributed by atoms with Gasteiger partial charge in [-0.25, -0.2) is 4.98 Å². The summed E-state index contributed by atoms with van der Waals surface area (Å²) in [7, 11) is 0. The number of hydrogen-bond acceptors (Lipinski definition) is 4. The molecule has 0 spiro atoms. The first kappa shape index (κ1) is 13.2. The molecule has 2 aromatic carbocycles. The fourth-order valence-electron chi connectivity index (χ4n) is 2.79. The molecule has 5 nitrogen and oxygen atoms in total. The topological polar surface area (TPSA) is 56.5 Å². The standard InChI is InChI=1S/C17H16N2O3/c20-11-17-18-13-3-1-2-4-14(13)19(17)10-12-5-6-15-16(9-12)22-8-7-21-15/h1-6,9,20H,7-8,10-11H2. The molecule has 0 bridgehead atoms. The third kappa shape index (κ3) is 2.19. The van der Waals surface area contributed by atoms with Gasteiger partial charge in [-0.3, -0.25) is 0 Å². The SMILES string of the molecule is OCc1nc2ccccc2n1Cc1ccc2c(c1)OCCO2. The van der Waals surface area contributed by atoms with Gasteiger partial charge in [-0.2, -0.15) is 0 Å². The van der Waals surface area contributed by atoms with Crippen LogP contribution in [-0.4, -0.2) is 27.9 Å². The first-order chi connectivity index (χ1) is 10.8. The number of aliphatic hydroxyl groups is 1. The van der Waals surface area contributed by atoms with Crippen molar-refractivity contribution in [2.45, 2.75) is 13.2 Å². The molecule has 0 amide bonds. The van der Waals surface area contributed by atoms with Crippen molar-refractivity contribution < 1.29 is 14.6 Å². The first-order valence-corrected chi connectivity index (χ1v) is 7.28. The Hall–Kier alpha value is -2.53. The second-order valence-electron chi connectivity index (χ2n) is 5.24. The van der Waals surface area contributed by atoms with Crippen LogP contribution in [-0.2, 0) is 13.2 Å². The van der Waals surface area contributed by atoms with Gasteiger partial charge in [0, 0.05) is 6.54 Å². The fourth-order valence-corrected chi connectivity index (χ4v) is 2.79. The molecule has 0 saturated carbocycles. The maximum Gasteiger partial charge on any atom is 0.161 e. The molecule has 0 atom stereocenters. The highest BCUT2D eigenvalue weighted by molar-refractivity contribution is 5.76. The van der Waals surface area contributed by atoms with Crippen molar-refractivity contribution in [3.63, 3.8) is 0 Å². The van der Waals surface area contributed by atoms with E-state index in [2.05, 4.69) is 4.98 Å². The number of aliphatic hydroxyl groups excluding tert-OH is 1. The summed E-state index contributed by atoms with van der Waals surface area (Å²) in [5, 5.41) is 9.56. The van der Waals surface area contributed by atoms with Gasteiger partial charge in [-0.05, 0) is 29.8 Å². The molecule has 22 heavy (non-hydrogen) atoms. The van der Waals surface area contributed by atoms with Gasteiger partial charge in [0.1, 0.15) is 25.6 Å². The Balaban J connectivity index is 1.74. The highest BCUT2D eigenvalue weighted by Gasteiger charge is 2.14. The highest BCUT2D eigenvalue weighted by Crippen LogP contribution is 2.31. The lowest BCUT2D eigenvalue weighted by atomic mass is 10.2. The van der Waals surface area contributed by atoms with Crippen LogP contribution in [0.25, 0.3) is 11.0 Å². The molecule has 1 aliphatic heterocycles. The molecule has 0 fully saturated rings. The molecule has 0 radical (unpaired) electrons. The van der Waals surface area contributed by atoms with E-state index in [-0.39, 0.29) is 6.61 Å².